The van der Waals surface area contributed by atoms with Crippen molar-refractivity contribution >= 4 is 19.2 Å². The van der Waals surface area contributed by atoms with Crippen molar-refractivity contribution in [2.24, 2.45) is 0 Å². The van der Waals surface area contributed by atoms with Gasteiger partial charge < -0.3 is 4.43 Å². The van der Waals surface area contributed by atoms with Crippen LogP contribution in [0.15, 0.2) is 48.5 Å². The Labute approximate surface area is 169 Å². The van der Waals surface area contributed by atoms with E-state index in [0.29, 0.717) is 5.52 Å². The summed E-state index contributed by atoms with van der Waals surface area (Å²) in [4.78, 5) is 4.65. The molecular formula is C23H24F3NOSi. The highest BCUT2D eigenvalue weighted by Crippen LogP contribution is 2.50. The van der Waals surface area contributed by atoms with Crippen molar-refractivity contribution in [3.63, 3.8) is 0 Å². The molecule has 2 aromatic carbocycles. The molecule has 3 aromatic rings. The second-order valence-electron chi connectivity index (χ2n) is 9.14. The van der Waals surface area contributed by atoms with Crippen LogP contribution in [0.2, 0.25) is 18.1 Å². The summed E-state index contributed by atoms with van der Waals surface area (Å²) < 4.78 is 47.5. The van der Waals surface area contributed by atoms with Crippen molar-refractivity contribution in [1.82, 2.24) is 4.98 Å². The molecule has 29 heavy (non-hydrogen) atoms. The van der Waals surface area contributed by atoms with Gasteiger partial charge in [-0.15, -0.1) is 0 Å². The van der Waals surface area contributed by atoms with Crippen LogP contribution in [0.4, 0.5) is 13.2 Å². The Bertz CT molecular complexity index is 1100. The average Bonchev–Trinajstić information content (AvgIpc) is 2.91. The number of nitrogens with zero attached hydrogens (tertiary/aromatic N) is 1. The third-order valence-electron chi connectivity index (χ3n) is 6.19. The minimum Gasteiger partial charge on any atom is -0.406 e. The molecule has 2 nitrogen and oxygen atoms in total. The van der Waals surface area contributed by atoms with Crippen molar-refractivity contribution in [3.05, 3.63) is 65.2 Å². The molecule has 0 amide bonds. The first-order chi connectivity index (χ1) is 13.4. The minimum absolute atomic E-state index is 0.0217. The highest BCUT2D eigenvalue weighted by atomic mass is 28.4. The number of halogens is 3. The molecule has 0 bridgehead atoms. The Morgan fingerprint density at radius 1 is 0.931 bits per heavy atom. The molecule has 1 aliphatic rings. The van der Waals surface area contributed by atoms with Crippen LogP contribution < -0.4 is 0 Å². The fourth-order valence-corrected chi connectivity index (χ4v) is 4.78. The van der Waals surface area contributed by atoms with Crippen molar-refractivity contribution in [2.45, 2.75) is 51.2 Å². The molecule has 1 atom stereocenters. The lowest BCUT2D eigenvalue weighted by atomic mass is 10.0. The second-order valence-corrected chi connectivity index (χ2v) is 13.9. The minimum atomic E-state index is -4.43. The van der Waals surface area contributed by atoms with Gasteiger partial charge in [-0.05, 0) is 41.9 Å². The van der Waals surface area contributed by atoms with E-state index >= 15 is 0 Å². The molecule has 0 N–H and O–H groups in total. The first kappa shape index (κ1) is 20.1. The zero-order valence-corrected chi connectivity index (χ0v) is 18.2. The molecule has 0 saturated heterocycles. The number of rotatable bonds is 2. The van der Waals surface area contributed by atoms with Crippen molar-refractivity contribution in [3.8, 4) is 11.3 Å². The Morgan fingerprint density at radius 2 is 1.62 bits per heavy atom. The van der Waals surface area contributed by atoms with Crippen LogP contribution in [0, 0.1) is 0 Å². The van der Waals surface area contributed by atoms with Gasteiger partial charge in [0.25, 0.3) is 0 Å². The predicted octanol–water partition coefficient (Wildman–Crippen LogP) is 7.35. The highest BCUT2D eigenvalue weighted by Gasteiger charge is 2.43. The van der Waals surface area contributed by atoms with Gasteiger partial charge in [0, 0.05) is 16.5 Å². The standard InChI is InChI=1S/C23H24F3NOSi/c1-22(2,3)29(4,5)28-21-15-10-7-6-9-14(15)20-17(21)13-16-18(23(24,25)26)11-8-12-19(16)27-20/h6-13,21H,1-5H3. The van der Waals surface area contributed by atoms with Crippen LogP contribution >= 0.6 is 0 Å². The lowest BCUT2D eigenvalue weighted by molar-refractivity contribution is -0.136. The zero-order chi connectivity index (χ0) is 21.2. The maximum Gasteiger partial charge on any atom is 0.417 e. The van der Waals surface area contributed by atoms with E-state index in [2.05, 4.69) is 38.8 Å². The fraction of sp³-hybridized carbons (Fsp3) is 0.348. The number of hydrogen-bond acceptors (Lipinski definition) is 2. The van der Waals surface area contributed by atoms with Gasteiger partial charge in [0.2, 0.25) is 0 Å². The van der Waals surface area contributed by atoms with Crippen molar-refractivity contribution < 1.29 is 17.6 Å². The SMILES string of the molecule is CC(C)(C)[Si](C)(C)OC1c2ccccc2-c2nc3cccc(C(F)(F)F)c3cc21. The van der Waals surface area contributed by atoms with Crippen LogP contribution in [-0.4, -0.2) is 13.3 Å². The summed E-state index contributed by atoms with van der Waals surface area (Å²) in [5.41, 5.74) is 3.04. The van der Waals surface area contributed by atoms with Gasteiger partial charge in [0.05, 0.1) is 22.9 Å². The predicted molar refractivity (Wildman–Crippen MR) is 112 cm³/mol. The topological polar surface area (TPSA) is 22.1 Å². The number of fused-ring (bicyclic) bond motifs is 4. The lowest BCUT2D eigenvalue weighted by Gasteiger charge is -2.38. The molecule has 0 spiro atoms. The molecule has 152 valence electrons. The van der Waals surface area contributed by atoms with E-state index in [1.165, 1.54) is 6.07 Å². The molecule has 1 aromatic heterocycles. The van der Waals surface area contributed by atoms with E-state index in [1.807, 2.05) is 24.3 Å². The molecule has 1 unspecified atom stereocenters. The van der Waals surface area contributed by atoms with E-state index in [1.54, 1.807) is 12.1 Å². The van der Waals surface area contributed by atoms with Crippen LogP contribution in [0.1, 0.15) is 43.6 Å². The summed E-state index contributed by atoms with van der Waals surface area (Å²) >= 11 is 0. The van der Waals surface area contributed by atoms with Gasteiger partial charge in [0.15, 0.2) is 8.32 Å². The summed E-state index contributed by atoms with van der Waals surface area (Å²) in [5.74, 6) is 0. The summed E-state index contributed by atoms with van der Waals surface area (Å²) in [6, 6.07) is 13.6. The van der Waals surface area contributed by atoms with Gasteiger partial charge in [-0.2, -0.15) is 13.2 Å². The highest BCUT2D eigenvalue weighted by molar-refractivity contribution is 6.74. The molecule has 0 radical (unpaired) electrons. The van der Waals surface area contributed by atoms with Crippen LogP contribution in [0.5, 0.6) is 0 Å². The smallest absolute Gasteiger partial charge is 0.406 e. The first-order valence-electron chi connectivity index (χ1n) is 9.68. The molecule has 0 aliphatic heterocycles. The van der Waals surface area contributed by atoms with Gasteiger partial charge in [-0.3, -0.25) is 0 Å². The van der Waals surface area contributed by atoms with Gasteiger partial charge in [-0.1, -0.05) is 51.1 Å². The normalized spacial score (nSPS) is 16.8. The van der Waals surface area contributed by atoms with Crippen molar-refractivity contribution in [2.75, 3.05) is 0 Å². The Balaban J connectivity index is 1.95. The third kappa shape index (κ3) is 3.28. The molecule has 4 rings (SSSR count). The summed E-state index contributed by atoms with van der Waals surface area (Å²) in [5, 5.41) is 0.0990. The van der Waals surface area contributed by atoms with E-state index in [9.17, 15) is 13.2 Å². The molecular weight excluding hydrogens is 391 g/mol. The fourth-order valence-electron chi connectivity index (χ4n) is 3.58. The summed E-state index contributed by atoms with van der Waals surface area (Å²) in [6.45, 7) is 10.8. The Morgan fingerprint density at radius 3 is 2.28 bits per heavy atom. The maximum atomic E-state index is 13.6. The van der Waals surface area contributed by atoms with Crippen LogP contribution in [-0.2, 0) is 10.6 Å². The number of alkyl halides is 3. The lowest BCUT2D eigenvalue weighted by Crippen LogP contribution is -2.41. The maximum absolute atomic E-state index is 13.6. The third-order valence-corrected chi connectivity index (χ3v) is 10.6. The molecule has 6 heteroatoms. The van der Waals surface area contributed by atoms with Crippen LogP contribution in [0.25, 0.3) is 22.2 Å². The second kappa shape index (κ2) is 6.41. The molecule has 1 aliphatic carbocycles. The number of pyridine rings is 1. The summed E-state index contributed by atoms with van der Waals surface area (Å²) in [7, 11) is -2.17. The van der Waals surface area contributed by atoms with Gasteiger partial charge in [-0.25, -0.2) is 4.98 Å². The monoisotopic (exact) mass is 415 g/mol. The zero-order valence-electron chi connectivity index (χ0n) is 17.2. The van der Waals surface area contributed by atoms with E-state index in [-0.39, 0.29) is 10.4 Å². The number of hydrogen-bond donors (Lipinski definition) is 0. The van der Waals surface area contributed by atoms with Crippen molar-refractivity contribution in [1.29, 1.82) is 0 Å². The van der Waals surface area contributed by atoms with E-state index < -0.39 is 26.2 Å². The molecule has 0 saturated carbocycles. The summed E-state index contributed by atoms with van der Waals surface area (Å²) in [6.07, 6.45) is -4.84. The Hall–Kier alpha value is -2.18. The van der Waals surface area contributed by atoms with Gasteiger partial charge in [0.1, 0.15) is 0 Å². The average molecular weight is 416 g/mol. The number of benzene rings is 2. The largest absolute Gasteiger partial charge is 0.417 e. The number of aromatic nitrogens is 1. The molecule has 1 heterocycles. The van der Waals surface area contributed by atoms with E-state index in [0.717, 1.165) is 28.5 Å². The van der Waals surface area contributed by atoms with Gasteiger partial charge >= 0.3 is 6.18 Å². The van der Waals surface area contributed by atoms with E-state index in [4.69, 9.17) is 4.43 Å². The van der Waals surface area contributed by atoms with Crippen LogP contribution in [0.3, 0.4) is 0 Å². The Kier molecular flexibility index (Phi) is 4.44. The quantitative estimate of drug-likeness (QED) is 0.408. The first-order valence-corrected chi connectivity index (χ1v) is 12.6. The molecule has 0 fully saturated rings.